The van der Waals surface area contributed by atoms with Crippen molar-refractivity contribution in [3.8, 4) is 0 Å². The van der Waals surface area contributed by atoms with E-state index in [9.17, 15) is 0 Å². The molecule has 1 aliphatic rings. The van der Waals surface area contributed by atoms with Crippen LogP contribution in [0.1, 0.15) is 46.0 Å². The third-order valence-corrected chi connectivity index (χ3v) is 8.36. The number of benzene rings is 2. The molecule has 0 saturated carbocycles. The highest BCUT2D eigenvalue weighted by Gasteiger charge is 2.27. The van der Waals surface area contributed by atoms with E-state index < -0.39 is 8.80 Å². The lowest BCUT2D eigenvalue weighted by molar-refractivity contribution is 0.857. The van der Waals surface area contributed by atoms with Crippen LogP contribution in [-0.2, 0) is 0 Å². The Morgan fingerprint density at radius 1 is 0.750 bits per heavy atom. The molecule has 0 nitrogen and oxygen atoms in total. The summed E-state index contributed by atoms with van der Waals surface area (Å²) in [5, 5.41) is 4.87. The Kier molecular flexibility index (Phi) is 5.87. The van der Waals surface area contributed by atoms with Crippen molar-refractivity contribution >= 4 is 19.2 Å². The molecule has 0 heterocycles. The van der Waals surface area contributed by atoms with Gasteiger partial charge in [-0.1, -0.05) is 109 Å². The Bertz CT molecular complexity index is 671. The van der Waals surface area contributed by atoms with Crippen LogP contribution in [-0.4, -0.2) is 8.80 Å². The molecule has 124 valence electrons. The Morgan fingerprint density at radius 2 is 1.29 bits per heavy atom. The molecule has 0 bridgehead atoms. The zero-order chi connectivity index (χ0) is 16.8. The standard InChI is InChI=1S/C23H28Si/c1-3-11-19-17-18-23(22(19)12-4-2)24(20-13-7-5-8-14-20)21-15-9-6-10-16-21/h5-10,13-17,24H,3-4,11-12,18H2,1-2H3. The third-order valence-electron chi connectivity index (χ3n) is 4.98. The van der Waals surface area contributed by atoms with Gasteiger partial charge in [-0.2, -0.15) is 0 Å². The monoisotopic (exact) mass is 332 g/mol. The fourth-order valence-electron chi connectivity index (χ4n) is 3.96. The Morgan fingerprint density at radius 3 is 1.79 bits per heavy atom. The number of hydrogen-bond donors (Lipinski definition) is 0. The van der Waals surface area contributed by atoms with Gasteiger partial charge in [0.2, 0.25) is 0 Å². The number of rotatable bonds is 7. The van der Waals surface area contributed by atoms with Crippen LogP contribution < -0.4 is 10.4 Å². The molecule has 2 aromatic rings. The van der Waals surface area contributed by atoms with Crippen molar-refractivity contribution in [1.82, 2.24) is 0 Å². The van der Waals surface area contributed by atoms with E-state index in [1.807, 2.05) is 0 Å². The second-order valence-corrected chi connectivity index (χ2v) is 9.59. The van der Waals surface area contributed by atoms with Crippen LogP contribution in [0.25, 0.3) is 0 Å². The van der Waals surface area contributed by atoms with Gasteiger partial charge in [0.1, 0.15) is 8.80 Å². The molecule has 3 rings (SSSR count). The lowest BCUT2D eigenvalue weighted by atomic mass is 10.0. The fourth-order valence-corrected chi connectivity index (χ4v) is 7.39. The summed E-state index contributed by atoms with van der Waals surface area (Å²) in [6.07, 6.45) is 8.66. The predicted octanol–water partition coefficient (Wildman–Crippen LogP) is 4.79. The highest BCUT2D eigenvalue weighted by molar-refractivity contribution is 6.91. The lowest BCUT2D eigenvalue weighted by Gasteiger charge is -2.21. The fraction of sp³-hybridized carbons (Fsp3) is 0.304. The lowest BCUT2D eigenvalue weighted by Crippen LogP contribution is -2.44. The van der Waals surface area contributed by atoms with E-state index in [0.29, 0.717) is 0 Å². The molecule has 0 aliphatic heterocycles. The highest BCUT2D eigenvalue weighted by Crippen LogP contribution is 2.33. The second-order valence-electron chi connectivity index (χ2n) is 6.69. The highest BCUT2D eigenvalue weighted by atomic mass is 28.3. The van der Waals surface area contributed by atoms with E-state index in [1.54, 1.807) is 26.7 Å². The van der Waals surface area contributed by atoms with Crippen LogP contribution in [0, 0.1) is 0 Å². The summed E-state index contributed by atoms with van der Waals surface area (Å²) in [6.45, 7) is 4.61. The zero-order valence-electron chi connectivity index (χ0n) is 15.0. The maximum atomic E-state index is 2.52. The molecule has 0 saturated heterocycles. The van der Waals surface area contributed by atoms with Crippen molar-refractivity contribution in [3.05, 3.63) is 83.1 Å². The van der Waals surface area contributed by atoms with E-state index in [2.05, 4.69) is 80.6 Å². The Balaban J connectivity index is 2.08. The van der Waals surface area contributed by atoms with Crippen molar-refractivity contribution in [2.45, 2.75) is 46.0 Å². The molecule has 0 atom stereocenters. The van der Waals surface area contributed by atoms with Crippen molar-refractivity contribution in [2.24, 2.45) is 0 Å². The molecule has 1 heteroatoms. The Labute approximate surface area is 148 Å². The van der Waals surface area contributed by atoms with Crippen molar-refractivity contribution in [3.63, 3.8) is 0 Å². The van der Waals surface area contributed by atoms with Gasteiger partial charge >= 0.3 is 0 Å². The van der Waals surface area contributed by atoms with Crippen LogP contribution >= 0.6 is 0 Å². The van der Waals surface area contributed by atoms with Gasteiger partial charge < -0.3 is 0 Å². The largest absolute Gasteiger partial charge is 0.129 e. The van der Waals surface area contributed by atoms with Gasteiger partial charge in [-0.15, -0.1) is 0 Å². The van der Waals surface area contributed by atoms with E-state index in [4.69, 9.17) is 0 Å². The van der Waals surface area contributed by atoms with Crippen molar-refractivity contribution in [2.75, 3.05) is 0 Å². The SMILES string of the molecule is CCCC1=CCC([SiH](c2ccccc2)c2ccccc2)=C1CCC. The normalized spacial score (nSPS) is 14.4. The van der Waals surface area contributed by atoms with E-state index >= 15 is 0 Å². The van der Waals surface area contributed by atoms with Gasteiger partial charge in [-0.3, -0.25) is 0 Å². The summed E-state index contributed by atoms with van der Waals surface area (Å²) >= 11 is 0. The quantitative estimate of drug-likeness (QED) is 0.639. The second kappa shape index (κ2) is 8.30. The van der Waals surface area contributed by atoms with Crippen LogP contribution in [0.2, 0.25) is 0 Å². The van der Waals surface area contributed by atoms with Crippen molar-refractivity contribution in [1.29, 1.82) is 0 Å². The molecule has 0 radical (unpaired) electrons. The molecule has 0 aromatic heterocycles. The first kappa shape index (κ1) is 17.0. The summed E-state index contributed by atoms with van der Waals surface area (Å²) in [5.74, 6) is 0. The summed E-state index contributed by atoms with van der Waals surface area (Å²) in [4.78, 5) is 0. The van der Waals surface area contributed by atoms with Gasteiger partial charge in [-0.25, -0.2) is 0 Å². The molecule has 0 unspecified atom stereocenters. The first-order chi connectivity index (χ1) is 11.8. The Hall–Kier alpha value is -1.86. The zero-order valence-corrected chi connectivity index (χ0v) is 16.1. The topological polar surface area (TPSA) is 0 Å². The van der Waals surface area contributed by atoms with Gasteiger partial charge in [0.05, 0.1) is 0 Å². The molecule has 24 heavy (non-hydrogen) atoms. The van der Waals surface area contributed by atoms with Crippen molar-refractivity contribution < 1.29 is 0 Å². The maximum absolute atomic E-state index is 2.52. The maximum Gasteiger partial charge on any atom is 0.129 e. The van der Waals surface area contributed by atoms with Crippen LogP contribution in [0.5, 0.6) is 0 Å². The molecule has 2 aromatic carbocycles. The average Bonchev–Trinajstić information content (AvgIpc) is 3.01. The molecule has 0 spiro atoms. The van der Waals surface area contributed by atoms with Gasteiger partial charge in [-0.05, 0) is 30.4 Å². The molecular formula is C23H28Si. The van der Waals surface area contributed by atoms with E-state index in [1.165, 1.54) is 32.1 Å². The third kappa shape index (κ3) is 3.62. The summed E-state index contributed by atoms with van der Waals surface area (Å²) in [7, 11) is -1.33. The first-order valence-electron chi connectivity index (χ1n) is 9.36. The van der Waals surface area contributed by atoms with Crippen LogP contribution in [0.3, 0.4) is 0 Å². The minimum absolute atomic E-state index is 1.17. The molecule has 0 fully saturated rings. The molecule has 0 N–H and O–H groups in total. The summed E-state index contributed by atoms with van der Waals surface area (Å²) in [6, 6.07) is 22.5. The minimum atomic E-state index is -1.33. The van der Waals surface area contributed by atoms with Gasteiger partial charge in [0.15, 0.2) is 0 Å². The predicted molar refractivity (Wildman–Crippen MR) is 109 cm³/mol. The minimum Gasteiger partial charge on any atom is -0.0773 e. The number of hydrogen-bond acceptors (Lipinski definition) is 0. The summed E-state index contributed by atoms with van der Waals surface area (Å²) < 4.78 is 0. The van der Waals surface area contributed by atoms with Gasteiger partial charge in [0.25, 0.3) is 0 Å². The molecule has 0 amide bonds. The summed E-state index contributed by atoms with van der Waals surface area (Å²) in [5.41, 5.74) is 3.34. The number of allylic oxidation sites excluding steroid dienone is 4. The van der Waals surface area contributed by atoms with E-state index in [-0.39, 0.29) is 0 Å². The van der Waals surface area contributed by atoms with E-state index in [0.717, 1.165) is 0 Å². The first-order valence-corrected chi connectivity index (χ1v) is 11.1. The smallest absolute Gasteiger partial charge is 0.0773 e. The molecule has 1 aliphatic carbocycles. The average molecular weight is 333 g/mol. The van der Waals surface area contributed by atoms with Crippen LogP contribution in [0.4, 0.5) is 0 Å². The van der Waals surface area contributed by atoms with Crippen LogP contribution in [0.15, 0.2) is 83.1 Å². The van der Waals surface area contributed by atoms with Gasteiger partial charge in [0, 0.05) is 0 Å². The molecular weight excluding hydrogens is 304 g/mol.